The molecule has 0 amide bonds. The second kappa shape index (κ2) is 7.56. The topological polar surface area (TPSA) is 87.2 Å². The molecule has 4 heteroatoms. The van der Waals surface area contributed by atoms with E-state index < -0.39 is 0 Å². The molecule has 0 atom stereocenters. The maximum Gasteiger partial charge on any atom is 0.188 e. The molecular formula is C22H24N2O2. The summed E-state index contributed by atoms with van der Waals surface area (Å²) in [5.41, 5.74) is 9.51. The largest absolute Gasteiger partial charge is 0.507 e. The molecule has 2 aromatic carbocycles. The molecule has 0 heterocycles. The second-order valence-corrected chi connectivity index (χ2v) is 6.73. The van der Waals surface area contributed by atoms with Crippen molar-refractivity contribution in [3.05, 3.63) is 59.2 Å². The van der Waals surface area contributed by atoms with Crippen molar-refractivity contribution in [2.24, 2.45) is 0 Å². The number of rotatable bonds is 6. The Morgan fingerprint density at radius 2 is 1.77 bits per heavy atom. The van der Waals surface area contributed by atoms with E-state index in [1.165, 1.54) is 43.4 Å². The molecule has 0 saturated heterocycles. The molecule has 4 nitrogen and oxygen atoms in total. The number of nitrogen functional groups attached to an aromatic ring is 1. The smallest absolute Gasteiger partial charge is 0.188 e. The van der Waals surface area contributed by atoms with Crippen molar-refractivity contribution in [3.8, 4) is 16.9 Å². The zero-order valence-corrected chi connectivity index (χ0v) is 15.0. The van der Waals surface area contributed by atoms with Crippen molar-refractivity contribution in [2.75, 3.05) is 5.73 Å². The standard InChI is InChI=1S/C22H24N2O2/c1-2-3-4-5-6-14-7-9-15(10-8-14)16-13-18(24)20-19(25)12-11-17(23)21(20)22(16)26/h7-13,23,26H,2-6,24H2,1H3. The minimum atomic E-state index is -0.280. The van der Waals surface area contributed by atoms with Crippen LogP contribution in [0.1, 0.15) is 54.1 Å². The first kappa shape index (κ1) is 17.9. The molecule has 0 fully saturated rings. The van der Waals surface area contributed by atoms with E-state index in [2.05, 4.69) is 19.1 Å². The van der Waals surface area contributed by atoms with Crippen molar-refractivity contribution in [3.63, 3.8) is 0 Å². The van der Waals surface area contributed by atoms with Crippen molar-refractivity contribution in [2.45, 2.75) is 39.0 Å². The number of aromatic hydroxyl groups is 1. The Bertz CT molecular complexity index is 880. The lowest BCUT2D eigenvalue weighted by Gasteiger charge is -2.18. The lowest BCUT2D eigenvalue weighted by molar-refractivity contribution is 0.104. The molecule has 134 valence electrons. The van der Waals surface area contributed by atoms with Gasteiger partial charge in [-0.05, 0) is 42.2 Å². The number of fused-ring (bicyclic) bond motifs is 1. The van der Waals surface area contributed by atoms with Crippen LogP contribution in [0.5, 0.6) is 5.75 Å². The minimum absolute atomic E-state index is 0.0624. The lowest BCUT2D eigenvalue weighted by atomic mass is 9.88. The van der Waals surface area contributed by atoms with Gasteiger partial charge >= 0.3 is 0 Å². The van der Waals surface area contributed by atoms with E-state index in [9.17, 15) is 9.90 Å². The van der Waals surface area contributed by atoms with Gasteiger partial charge in [0.05, 0.1) is 16.8 Å². The molecule has 1 aliphatic rings. The maximum atomic E-state index is 12.1. The molecule has 26 heavy (non-hydrogen) atoms. The normalized spacial score (nSPS) is 13.1. The molecular weight excluding hydrogens is 324 g/mol. The van der Waals surface area contributed by atoms with Gasteiger partial charge in [-0.1, -0.05) is 50.5 Å². The first-order valence-corrected chi connectivity index (χ1v) is 9.09. The maximum absolute atomic E-state index is 12.1. The van der Waals surface area contributed by atoms with Crippen molar-refractivity contribution >= 4 is 17.2 Å². The fourth-order valence-corrected chi connectivity index (χ4v) is 3.37. The number of aryl methyl sites for hydroxylation is 1. The van der Waals surface area contributed by atoms with Crippen LogP contribution in [-0.4, -0.2) is 16.6 Å². The molecule has 4 N–H and O–H groups in total. The summed E-state index contributed by atoms with van der Waals surface area (Å²) in [6.45, 7) is 2.20. The fourth-order valence-electron chi connectivity index (χ4n) is 3.37. The number of phenolic OH excluding ortho intramolecular Hbond substituents is 1. The van der Waals surface area contributed by atoms with Gasteiger partial charge in [0.2, 0.25) is 0 Å². The third-order valence-corrected chi connectivity index (χ3v) is 4.83. The van der Waals surface area contributed by atoms with E-state index in [0.29, 0.717) is 5.56 Å². The Kier molecular flexibility index (Phi) is 5.21. The molecule has 0 radical (unpaired) electrons. The average molecular weight is 348 g/mol. The van der Waals surface area contributed by atoms with Crippen LogP contribution in [0, 0.1) is 5.41 Å². The number of nitrogens with one attached hydrogen (secondary N) is 1. The van der Waals surface area contributed by atoms with Gasteiger partial charge in [-0.3, -0.25) is 4.79 Å². The Hall–Kier alpha value is -2.88. The number of allylic oxidation sites excluding steroid dienone is 2. The van der Waals surface area contributed by atoms with E-state index in [1.54, 1.807) is 6.07 Å². The predicted octanol–water partition coefficient (Wildman–Crippen LogP) is 4.88. The highest BCUT2D eigenvalue weighted by Crippen LogP contribution is 2.39. The summed E-state index contributed by atoms with van der Waals surface area (Å²) in [4.78, 5) is 12.1. The molecule has 3 rings (SSSR count). The van der Waals surface area contributed by atoms with E-state index in [4.69, 9.17) is 11.1 Å². The first-order valence-electron chi connectivity index (χ1n) is 9.09. The molecule has 0 bridgehead atoms. The highest BCUT2D eigenvalue weighted by molar-refractivity contribution is 6.26. The van der Waals surface area contributed by atoms with Gasteiger partial charge in [-0.25, -0.2) is 0 Å². The molecule has 0 aromatic heterocycles. The Labute approximate surface area is 153 Å². The summed E-state index contributed by atoms with van der Waals surface area (Å²) < 4.78 is 0. The molecule has 0 aliphatic heterocycles. The van der Waals surface area contributed by atoms with E-state index in [0.717, 1.165) is 12.0 Å². The van der Waals surface area contributed by atoms with Crippen LogP contribution >= 0.6 is 0 Å². The lowest BCUT2D eigenvalue weighted by Crippen LogP contribution is -2.15. The highest BCUT2D eigenvalue weighted by atomic mass is 16.3. The number of hydrogen-bond acceptors (Lipinski definition) is 4. The van der Waals surface area contributed by atoms with Crippen LogP contribution < -0.4 is 5.73 Å². The zero-order chi connectivity index (χ0) is 18.7. The number of unbranched alkanes of at least 4 members (excludes halogenated alkanes) is 3. The summed E-state index contributed by atoms with van der Waals surface area (Å²) in [6, 6.07) is 9.66. The summed E-state index contributed by atoms with van der Waals surface area (Å²) in [6.07, 6.45) is 8.66. The number of ketones is 1. The molecule has 2 aromatic rings. The summed E-state index contributed by atoms with van der Waals surface area (Å²) in [5, 5.41) is 18.7. The number of nitrogens with two attached hydrogens (primary N) is 1. The number of anilines is 1. The SMILES string of the molecule is CCCCCCc1ccc(-c2cc(N)c3c(c2O)C(=N)C=CC3=O)cc1. The van der Waals surface area contributed by atoms with Gasteiger partial charge in [-0.15, -0.1) is 0 Å². The van der Waals surface area contributed by atoms with Gasteiger partial charge in [0.25, 0.3) is 0 Å². The molecule has 1 aliphatic carbocycles. The van der Waals surface area contributed by atoms with E-state index >= 15 is 0 Å². The quantitative estimate of drug-likeness (QED) is 0.395. The van der Waals surface area contributed by atoms with Gasteiger partial charge in [0, 0.05) is 11.3 Å². The van der Waals surface area contributed by atoms with Crippen LogP contribution in [0.25, 0.3) is 11.1 Å². The van der Waals surface area contributed by atoms with Gasteiger partial charge in [0.15, 0.2) is 5.78 Å². The van der Waals surface area contributed by atoms with Gasteiger partial charge in [0.1, 0.15) is 5.75 Å². The number of carbonyl (C=O) groups is 1. The molecule has 0 unspecified atom stereocenters. The first-order chi connectivity index (χ1) is 12.5. The summed E-state index contributed by atoms with van der Waals surface area (Å²) >= 11 is 0. The molecule has 0 saturated carbocycles. The number of benzene rings is 2. The minimum Gasteiger partial charge on any atom is -0.507 e. The Morgan fingerprint density at radius 1 is 1.04 bits per heavy atom. The highest BCUT2D eigenvalue weighted by Gasteiger charge is 2.25. The summed E-state index contributed by atoms with van der Waals surface area (Å²) in [5.74, 6) is -0.342. The third-order valence-electron chi connectivity index (χ3n) is 4.83. The molecule has 0 spiro atoms. The van der Waals surface area contributed by atoms with Gasteiger partial charge < -0.3 is 16.2 Å². The number of phenols is 1. The Balaban J connectivity index is 1.91. The van der Waals surface area contributed by atoms with Crippen LogP contribution in [0.4, 0.5) is 5.69 Å². The second-order valence-electron chi connectivity index (χ2n) is 6.73. The van der Waals surface area contributed by atoms with Crippen LogP contribution in [0.15, 0.2) is 42.5 Å². The number of carbonyl (C=O) groups excluding carboxylic acids is 1. The van der Waals surface area contributed by atoms with Crippen molar-refractivity contribution in [1.29, 1.82) is 5.41 Å². The predicted molar refractivity (Wildman–Crippen MR) is 106 cm³/mol. The van der Waals surface area contributed by atoms with Gasteiger partial charge in [-0.2, -0.15) is 0 Å². The van der Waals surface area contributed by atoms with E-state index in [1.807, 2.05) is 12.1 Å². The van der Waals surface area contributed by atoms with Crippen LogP contribution in [0.3, 0.4) is 0 Å². The average Bonchev–Trinajstić information content (AvgIpc) is 2.64. The zero-order valence-electron chi connectivity index (χ0n) is 15.0. The number of hydrogen-bond donors (Lipinski definition) is 3. The fraction of sp³-hybridized carbons (Fsp3) is 0.273. The summed E-state index contributed by atoms with van der Waals surface area (Å²) in [7, 11) is 0. The Morgan fingerprint density at radius 3 is 2.46 bits per heavy atom. The monoisotopic (exact) mass is 348 g/mol. The third kappa shape index (κ3) is 3.40. The van der Waals surface area contributed by atoms with E-state index in [-0.39, 0.29) is 34.1 Å². The van der Waals surface area contributed by atoms with Crippen molar-refractivity contribution in [1.82, 2.24) is 0 Å². The van der Waals surface area contributed by atoms with Crippen LogP contribution in [-0.2, 0) is 6.42 Å². The van der Waals surface area contributed by atoms with Crippen molar-refractivity contribution < 1.29 is 9.90 Å². The van der Waals surface area contributed by atoms with Crippen LogP contribution in [0.2, 0.25) is 0 Å².